The monoisotopic (exact) mass is 301 g/mol. The molecule has 0 spiro atoms. The Morgan fingerprint density at radius 1 is 1.23 bits per heavy atom. The van der Waals surface area contributed by atoms with Gasteiger partial charge >= 0.3 is 5.97 Å². The predicted molar refractivity (Wildman–Crippen MR) is 84.7 cm³/mol. The van der Waals surface area contributed by atoms with Gasteiger partial charge in [0.05, 0.1) is 6.61 Å². The van der Waals surface area contributed by atoms with E-state index in [1.165, 1.54) is 19.3 Å². The van der Waals surface area contributed by atoms with Crippen molar-refractivity contribution in [3.63, 3.8) is 0 Å². The highest BCUT2D eigenvalue weighted by Crippen LogP contribution is 2.36. The molecule has 1 aromatic carbocycles. The van der Waals surface area contributed by atoms with Crippen LogP contribution < -0.4 is 0 Å². The highest BCUT2D eigenvalue weighted by atomic mass is 16.5. The maximum atomic E-state index is 12.2. The molecule has 3 rings (SSSR count). The molecule has 0 amide bonds. The van der Waals surface area contributed by atoms with Crippen LogP contribution >= 0.6 is 0 Å². The molecule has 4 nitrogen and oxygen atoms in total. The van der Waals surface area contributed by atoms with E-state index in [0.717, 1.165) is 18.4 Å². The van der Waals surface area contributed by atoms with Crippen molar-refractivity contribution in [1.82, 2.24) is 0 Å². The van der Waals surface area contributed by atoms with E-state index in [9.17, 15) is 4.79 Å². The van der Waals surface area contributed by atoms with Crippen molar-refractivity contribution in [1.29, 1.82) is 0 Å². The number of carbonyl (C=O) groups excluding carboxylic acids is 1. The molecule has 0 unspecified atom stereocenters. The van der Waals surface area contributed by atoms with E-state index in [1.54, 1.807) is 0 Å². The Bertz CT molecular complexity index is 535. The van der Waals surface area contributed by atoms with E-state index in [0.29, 0.717) is 18.2 Å². The smallest absolute Gasteiger partial charge is 0.355 e. The maximum absolute atomic E-state index is 12.2. The number of rotatable bonds is 4. The average Bonchev–Trinajstić information content (AvgIpc) is 3.02. The molecule has 0 radical (unpaired) electrons. The van der Waals surface area contributed by atoms with Crippen molar-refractivity contribution < 1.29 is 14.3 Å². The fourth-order valence-corrected chi connectivity index (χ4v) is 3.30. The van der Waals surface area contributed by atoms with Crippen molar-refractivity contribution >= 4 is 11.7 Å². The summed E-state index contributed by atoms with van der Waals surface area (Å²) in [4.78, 5) is 16.8. The van der Waals surface area contributed by atoms with Crippen molar-refractivity contribution in [2.75, 3.05) is 6.61 Å². The summed E-state index contributed by atoms with van der Waals surface area (Å²) in [6.07, 6.45) is 5.41. The maximum Gasteiger partial charge on any atom is 0.355 e. The van der Waals surface area contributed by atoms with Crippen LogP contribution in [-0.4, -0.2) is 24.5 Å². The third-order valence-electron chi connectivity index (χ3n) is 4.43. The molecule has 1 aromatic rings. The Kier molecular flexibility index (Phi) is 4.88. The third-order valence-corrected chi connectivity index (χ3v) is 4.43. The molecule has 1 saturated carbocycles. The minimum atomic E-state index is -0.396. The summed E-state index contributed by atoms with van der Waals surface area (Å²) >= 11 is 0. The number of hydrogen-bond donors (Lipinski definition) is 0. The van der Waals surface area contributed by atoms with Gasteiger partial charge in [0.25, 0.3) is 0 Å². The molecular weight excluding hydrogens is 278 g/mol. The standard InChI is InChI=1S/C18H23NO3/c1-2-21-18(20)15-16(13-9-5-3-6-10-13)22-17(19-15)14-11-7-4-8-12-14/h3,5-6,9-10,14,16-17H,2,4,7-8,11-12H2,1H3/t16-,17-/m1/s1. The Hall–Kier alpha value is -1.68. The van der Waals surface area contributed by atoms with Gasteiger partial charge in [0.2, 0.25) is 0 Å². The van der Waals surface area contributed by atoms with Crippen molar-refractivity contribution in [2.24, 2.45) is 10.9 Å². The predicted octanol–water partition coefficient (Wildman–Crippen LogP) is 3.67. The molecule has 0 saturated heterocycles. The van der Waals surface area contributed by atoms with Gasteiger partial charge in [-0.1, -0.05) is 49.6 Å². The van der Waals surface area contributed by atoms with Gasteiger partial charge in [-0.15, -0.1) is 0 Å². The van der Waals surface area contributed by atoms with E-state index < -0.39 is 6.10 Å². The SMILES string of the molecule is CCOC(=O)C1=N[C@@H](C2CCCCC2)O[C@@H]1c1ccccc1. The molecule has 2 aliphatic rings. The summed E-state index contributed by atoms with van der Waals surface area (Å²) in [5.41, 5.74) is 1.39. The molecule has 1 fully saturated rings. The summed E-state index contributed by atoms with van der Waals surface area (Å²) in [5, 5.41) is 0. The second-order valence-electron chi connectivity index (χ2n) is 5.95. The Morgan fingerprint density at radius 3 is 2.64 bits per heavy atom. The van der Waals surface area contributed by atoms with E-state index in [4.69, 9.17) is 9.47 Å². The second kappa shape index (κ2) is 7.05. The number of nitrogens with zero attached hydrogens (tertiary/aromatic N) is 1. The number of esters is 1. The first-order valence-corrected chi connectivity index (χ1v) is 8.25. The molecule has 0 N–H and O–H groups in total. The number of benzene rings is 1. The van der Waals surface area contributed by atoms with Crippen molar-refractivity contribution in [3.05, 3.63) is 35.9 Å². The molecule has 118 valence electrons. The normalized spacial score (nSPS) is 25.8. The average molecular weight is 301 g/mol. The second-order valence-corrected chi connectivity index (χ2v) is 5.95. The first kappa shape index (κ1) is 15.2. The number of aliphatic imine (C=N–C) groups is 1. The van der Waals surface area contributed by atoms with Crippen LogP contribution in [0.4, 0.5) is 0 Å². The molecule has 1 aliphatic heterocycles. The molecule has 1 heterocycles. The first-order valence-electron chi connectivity index (χ1n) is 8.25. The van der Waals surface area contributed by atoms with Crippen LogP contribution in [0.5, 0.6) is 0 Å². The summed E-state index contributed by atoms with van der Waals surface area (Å²) < 4.78 is 11.3. The van der Waals surface area contributed by atoms with Crippen LogP contribution in [0.1, 0.15) is 50.7 Å². The molecule has 22 heavy (non-hydrogen) atoms. The lowest BCUT2D eigenvalue weighted by atomic mass is 9.88. The van der Waals surface area contributed by atoms with E-state index in [-0.39, 0.29) is 12.2 Å². The number of hydrogen-bond acceptors (Lipinski definition) is 4. The summed E-state index contributed by atoms with van der Waals surface area (Å²) in [6.45, 7) is 2.16. The molecular formula is C18H23NO3. The highest BCUT2D eigenvalue weighted by molar-refractivity contribution is 6.38. The zero-order valence-electron chi connectivity index (χ0n) is 13.0. The summed E-state index contributed by atoms with van der Waals surface area (Å²) in [7, 11) is 0. The minimum absolute atomic E-state index is 0.204. The van der Waals surface area contributed by atoms with Crippen LogP contribution in [-0.2, 0) is 14.3 Å². The fourth-order valence-electron chi connectivity index (χ4n) is 3.30. The topological polar surface area (TPSA) is 47.9 Å². The van der Waals surface area contributed by atoms with Crippen molar-refractivity contribution in [3.8, 4) is 0 Å². The zero-order valence-corrected chi connectivity index (χ0v) is 13.0. The number of ether oxygens (including phenoxy) is 2. The molecule has 1 aliphatic carbocycles. The van der Waals surface area contributed by atoms with Crippen LogP contribution in [0, 0.1) is 5.92 Å². The highest BCUT2D eigenvalue weighted by Gasteiger charge is 2.38. The summed E-state index contributed by atoms with van der Waals surface area (Å²) in [6, 6.07) is 9.81. The number of carbonyl (C=O) groups is 1. The summed E-state index contributed by atoms with van der Waals surface area (Å²) in [5.74, 6) is 0.0709. The van der Waals surface area contributed by atoms with Crippen LogP contribution in [0.2, 0.25) is 0 Å². The third kappa shape index (κ3) is 3.22. The zero-order chi connectivity index (χ0) is 15.4. The van der Waals surface area contributed by atoms with Crippen molar-refractivity contribution in [2.45, 2.75) is 51.4 Å². The van der Waals surface area contributed by atoms with Gasteiger partial charge in [-0.25, -0.2) is 9.79 Å². The van der Waals surface area contributed by atoms with Crippen LogP contribution in [0.25, 0.3) is 0 Å². The van der Waals surface area contributed by atoms with Gasteiger partial charge in [0.1, 0.15) is 6.10 Å². The molecule has 4 heteroatoms. The van der Waals surface area contributed by atoms with Gasteiger partial charge in [0, 0.05) is 5.92 Å². The Balaban J connectivity index is 1.82. The van der Waals surface area contributed by atoms with E-state index >= 15 is 0 Å². The lowest BCUT2D eigenvalue weighted by Crippen LogP contribution is -2.23. The van der Waals surface area contributed by atoms with E-state index in [1.807, 2.05) is 37.3 Å². The lowest BCUT2D eigenvalue weighted by molar-refractivity contribution is -0.135. The minimum Gasteiger partial charge on any atom is -0.461 e. The van der Waals surface area contributed by atoms with E-state index in [2.05, 4.69) is 4.99 Å². The molecule has 0 bridgehead atoms. The first-order chi connectivity index (χ1) is 10.8. The fraction of sp³-hybridized carbons (Fsp3) is 0.556. The largest absolute Gasteiger partial charge is 0.461 e. The van der Waals surface area contributed by atoms with Gasteiger partial charge < -0.3 is 9.47 Å². The van der Waals surface area contributed by atoms with Gasteiger partial charge in [-0.3, -0.25) is 0 Å². The molecule has 2 atom stereocenters. The van der Waals surface area contributed by atoms with Gasteiger partial charge in [-0.2, -0.15) is 0 Å². The lowest BCUT2D eigenvalue weighted by Gasteiger charge is -2.25. The van der Waals surface area contributed by atoms with Gasteiger partial charge in [0.15, 0.2) is 11.9 Å². The van der Waals surface area contributed by atoms with Crippen LogP contribution in [0.3, 0.4) is 0 Å². The Morgan fingerprint density at radius 2 is 1.95 bits per heavy atom. The van der Waals surface area contributed by atoms with Crippen LogP contribution in [0.15, 0.2) is 35.3 Å². The Labute approximate surface area is 131 Å². The quantitative estimate of drug-likeness (QED) is 0.797. The van der Waals surface area contributed by atoms with Gasteiger partial charge in [-0.05, 0) is 25.3 Å². The molecule has 0 aromatic heterocycles.